The molecule has 9 nitrogen and oxygen atoms in total. The van der Waals surface area contributed by atoms with Crippen LogP contribution >= 0.6 is 0 Å². The molecular formula is C22H26N4O5. The summed E-state index contributed by atoms with van der Waals surface area (Å²) in [7, 11) is 1.60. The Bertz CT molecular complexity index is 1020. The van der Waals surface area contributed by atoms with Gasteiger partial charge in [0, 0.05) is 37.7 Å². The number of amides is 2. The summed E-state index contributed by atoms with van der Waals surface area (Å²) in [5, 5.41) is 9.46. The van der Waals surface area contributed by atoms with E-state index < -0.39 is 5.91 Å². The van der Waals surface area contributed by atoms with Crippen molar-refractivity contribution in [3.05, 3.63) is 30.0 Å². The standard InChI is InChI=1S/C22H26N4O5/c1-13(2)31-19-9-15-17(8-16(19)22(24)28)25-7-5-18(15)30-12-14-10-26(11-20(14)29-3)21(27)4-6-23/h5,7-9,13-14,20H,4,10-12H2,1-3H3,(H2,24,28)/t14-,20+/m1/s1. The van der Waals surface area contributed by atoms with Gasteiger partial charge in [-0.15, -0.1) is 0 Å². The summed E-state index contributed by atoms with van der Waals surface area (Å²) in [4.78, 5) is 29.9. The summed E-state index contributed by atoms with van der Waals surface area (Å²) in [6.07, 6.45) is 1.11. The van der Waals surface area contributed by atoms with E-state index in [0.29, 0.717) is 42.1 Å². The van der Waals surface area contributed by atoms with Gasteiger partial charge in [0.15, 0.2) is 0 Å². The first-order chi connectivity index (χ1) is 14.8. The number of hydrogen-bond donors (Lipinski definition) is 1. The van der Waals surface area contributed by atoms with Crippen molar-refractivity contribution >= 4 is 22.7 Å². The molecule has 9 heteroatoms. The lowest BCUT2D eigenvalue weighted by molar-refractivity contribution is -0.129. The van der Waals surface area contributed by atoms with Crippen molar-refractivity contribution in [3.8, 4) is 17.6 Å². The summed E-state index contributed by atoms with van der Waals surface area (Å²) in [5.74, 6) is 0.0905. The minimum Gasteiger partial charge on any atom is -0.492 e. The molecule has 2 aromatic rings. The van der Waals surface area contributed by atoms with Gasteiger partial charge in [-0.1, -0.05) is 0 Å². The van der Waals surface area contributed by atoms with Crippen LogP contribution in [0, 0.1) is 17.2 Å². The van der Waals surface area contributed by atoms with E-state index in [4.69, 9.17) is 25.2 Å². The van der Waals surface area contributed by atoms with Crippen molar-refractivity contribution in [2.75, 3.05) is 26.8 Å². The molecule has 2 amide bonds. The molecule has 3 rings (SSSR count). The second kappa shape index (κ2) is 9.62. The Kier molecular flexibility index (Phi) is 6.92. The van der Waals surface area contributed by atoms with Crippen molar-refractivity contribution in [2.45, 2.75) is 32.5 Å². The molecule has 1 aliphatic rings. The molecule has 2 N–H and O–H groups in total. The Morgan fingerprint density at radius 2 is 2.10 bits per heavy atom. The van der Waals surface area contributed by atoms with Gasteiger partial charge >= 0.3 is 0 Å². The van der Waals surface area contributed by atoms with Crippen molar-refractivity contribution in [3.63, 3.8) is 0 Å². The predicted octanol–water partition coefficient (Wildman–Crippen LogP) is 1.89. The number of nitriles is 1. The highest BCUT2D eigenvalue weighted by Gasteiger charge is 2.35. The van der Waals surface area contributed by atoms with Crippen LogP contribution in [-0.4, -0.2) is 60.7 Å². The molecule has 0 bridgehead atoms. The van der Waals surface area contributed by atoms with E-state index in [0.717, 1.165) is 0 Å². The van der Waals surface area contributed by atoms with Crippen LogP contribution in [0.1, 0.15) is 30.6 Å². The predicted molar refractivity (Wildman–Crippen MR) is 113 cm³/mol. The molecule has 2 heterocycles. The van der Waals surface area contributed by atoms with Crippen LogP contribution in [0.25, 0.3) is 10.9 Å². The van der Waals surface area contributed by atoms with Crippen LogP contribution in [0.2, 0.25) is 0 Å². The van der Waals surface area contributed by atoms with Crippen molar-refractivity contribution in [2.24, 2.45) is 11.7 Å². The highest BCUT2D eigenvalue weighted by Crippen LogP contribution is 2.32. The van der Waals surface area contributed by atoms with Gasteiger partial charge in [-0.05, 0) is 32.0 Å². The number of likely N-dealkylation sites (tertiary alicyclic amines) is 1. The molecule has 0 spiro atoms. The van der Waals surface area contributed by atoms with Gasteiger partial charge in [-0.3, -0.25) is 14.6 Å². The number of carbonyl (C=O) groups excluding carboxylic acids is 2. The number of nitrogens with zero attached hydrogens (tertiary/aromatic N) is 3. The van der Waals surface area contributed by atoms with Gasteiger partial charge in [-0.2, -0.15) is 5.26 Å². The Hall–Kier alpha value is -3.38. The van der Waals surface area contributed by atoms with Gasteiger partial charge in [-0.25, -0.2) is 0 Å². The first kappa shape index (κ1) is 22.3. The second-order valence-electron chi connectivity index (χ2n) is 7.68. The Morgan fingerprint density at radius 3 is 2.74 bits per heavy atom. The summed E-state index contributed by atoms with van der Waals surface area (Å²) in [6, 6.07) is 6.93. The minimum absolute atomic E-state index is 0.0489. The number of primary amides is 1. The molecule has 2 atom stereocenters. The third-order valence-corrected chi connectivity index (χ3v) is 5.15. The molecule has 0 radical (unpaired) electrons. The van der Waals surface area contributed by atoms with E-state index in [-0.39, 0.29) is 36.0 Å². The Labute approximate surface area is 180 Å². The molecule has 0 aliphatic carbocycles. The molecule has 0 saturated carbocycles. The minimum atomic E-state index is -0.596. The Balaban J connectivity index is 1.83. The summed E-state index contributed by atoms with van der Waals surface area (Å²) in [6.45, 7) is 4.91. The lowest BCUT2D eigenvalue weighted by Gasteiger charge is -2.19. The fraction of sp³-hybridized carbons (Fsp3) is 0.455. The average Bonchev–Trinajstić information content (AvgIpc) is 3.15. The van der Waals surface area contributed by atoms with Gasteiger partial charge in [0.05, 0.1) is 36.0 Å². The molecule has 0 unspecified atom stereocenters. The summed E-state index contributed by atoms with van der Waals surface area (Å²) >= 11 is 0. The van der Waals surface area contributed by atoms with E-state index >= 15 is 0 Å². The van der Waals surface area contributed by atoms with E-state index in [1.807, 2.05) is 19.9 Å². The molecule has 1 saturated heterocycles. The summed E-state index contributed by atoms with van der Waals surface area (Å²) in [5.41, 5.74) is 6.32. The largest absolute Gasteiger partial charge is 0.492 e. The third kappa shape index (κ3) is 5.03. The van der Waals surface area contributed by atoms with Gasteiger partial charge in [0.1, 0.15) is 17.9 Å². The molecule has 31 heavy (non-hydrogen) atoms. The maximum absolute atomic E-state index is 12.1. The number of hydrogen-bond acceptors (Lipinski definition) is 7. The number of carbonyl (C=O) groups is 2. The molecule has 164 valence electrons. The number of rotatable bonds is 8. The van der Waals surface area contributed by atoms with Crippen LogP contribution < -0.4 is 15.2 Å². The van der Waals surface area contributed by atoms with E-state index in [1.165, 1.54) is 0 Å². The first-order valence-electron chi connectivity index (χ1n) is 10.0. The monoisotopic (exact) mass is 426 g/mol. The second-order valence-corrected chi connectivity index (χ2v) is 7.68. The highest BCUT2D eigenvalue weighted by molar-refractivity contribution is 6.01. The van der Waals surface area contributed by atoms with Crippen LogP contribution in [0.3, 0.4) is 0 Å². The van der Waals surface area contributed by atoms with Crippen molar-refractivity contribution < 1.29 is 23.8 Å². The third-order valence-electron chi connectivity index (χ3n) is 5.15. The number of pyridine rings is 1. The average molecular weight is 426 g/mol. The molecule has 1 aromatic carbocycles. The highest BCUT2D eigenvalue weighted by atomic mass is 16.5. The van der Waals surface area contributed by atoms with Crippen molar-refractivity contribution in [1.29, 1.82) is 5.26 Å². The van der Waals surface area contributed by atoms with Gasteiger partial charge < -0.3 is 24.8 Å². The normalized spacial score (nSPS) is 18.2. The van der Waals surface area contributed by atoms with E-state index in [9.17, 15) is 9.59 Å². The van der Waals surface area contributed by atoms with Crippen LogP contribution in [0.4, 0.5) is 0 Å². The van der Waals surface area contributed by atoms with Crippen LogP contribution in [0.5, 0.6) is 11.5 Å². The number of ether oxygens (including phenoxy) is 3. The number of aromatic nitrogens is 1. The number of fused-ring (bicyclic) bond motifs is 1. The quantitative estimate of drug-likeness (QED) is 0.682. The van der Waals surface area contributed by atoms with Crippen LogP contribution in [-0.2, 0) is 9.53 Å². The number of benzene rings is 1. The maximum atomic E-state index is 12.1. The van der Waals surface area contributed by atoms with Crippen molar-refractivity contribution in [1.82, 2.24) is 9.88 Å². The molecule has 1 aromatic heterocycles. The smallest absolute Gasteiger partial charge is 0.252 e. The topological polar surface area (TPSA) is 128 Å². The molecule has 1 fully saturated rings. The van der Waals surface area contributed by atoms with E-state index in [2.05, 4.69) is 4.98 Å². The van der Waals surface area contributed by atoms with Crippen LogP contribution in [0.15, 0.2) is 24.4 Å². The number of methoxy groups -OCH3 is 1. The molecule has 1 aliphatic heterocycles. The zero-order valence-corrected chi connectivity index (χ0v) is 17.8. The molecular weight excluding hydrogens is 400 g/mol. The fourth-order valence-electron chi connectivity index (χ4n) is 3.67. The summed E-state index contributed by atoms with van der Waals surface area (Å²) < 4.78 is 17.4. The Morgan fingerprint density at radius 1 is 1.32 bits per heavy atom. The first-order valence-corrected chi connectivity index (χ1v) is 10.0. The van der Waals surface area contributed by atoms with Gasteiger partial charge in [0.2, 0.25) is 5.91 Å². The lowest BCUT2D eigenvalue weighted by atomic mass is 10.1. The SMILES string of the molecule is CO[C@H]1CN(C(=O)CC#N)C[C@@H]1COc1ccnc2cc(C(N)=O)c(OC(C)C)cc12. The zero-order chi connectivity index (χ0) is 22.5. The maximum Gasteiger partial charge on any atom is 0.252 e. The number of nitrogens with two attached hydrogens (primary N) is 1. The zero-order valence-electron chi connectivity index (χ0n) is 17.8. The van der Waals surface area contributed by atoms with Gasteiger partial charge in [0.25, 0.3) is 5.91 Å². The lowest BCUT2D eigenvalue weighted by Crippen LogP contribution is -2.29. The van der Waals surface area contributed by atoms with E-state index in [1.54, 1.807) is 36.4 Å². The fourth-order valence-corrected chi connectivity index (χ4v) is 3.67.